The average molecular weight is 283 g/mol. The van der Waals surface area contributed by atoms with Gasteiger partial charge in [0.05, 0.1) is 12.4 Å². The highest BCUT2D eigenvalue weighted by Crippen LogP contribution is 2.25. The number of hydrogen-bond acceptors (Lipinski definition) is 6. The van der Waals surface area contributed by atoms with Gasteiger partial charge >= 0.3 is 0 Å². The van der Waals surface area contributed by atoms with Crippen molar-refractivity contribution in [3.63, 3.8) is 0 Å². The highest BCUT2D eigenvalue weighted by molar-refractivity contribution is 7.10. The minimum Gasteiger partial charge on any atom is -0.331 e. The lowest BCUT2D eigenvalue weighted by Gasteiger charge is -2.05. The van der Waals surface area contributed by atoms with Crippen LogP contribution in [0.2, 0.25) is 0 Å². The molecule has 4 aromatic heterocycles. The first kappa shape index (κ1) is 11.1. The Balaban J connectivity index is 1.84. The van der Waals surface area contributed by atoms with Crippen molar-refractivity contribution in [2.24, 2.45) is 0 Å². The van der Waals surface area contributed by atoms with E-state index in [2.05, 4.69) is 30.0 Å². The molecule has 0 unspecified atom stereocenters. The van der Waals surface area contributed by atoms with Gasteiger partial charge in [0.15, 0.2) is 5.65 Å². The second kappa shape index (κ2) is 4.42. The zero-order valence-electron chi connectivity index (χ0n) is 10.2. The van der Waals surface area contributed by atoms with Crippen LogP contribution in [0, 0.1) is 0 Å². The largest absolute Gasteiger partial charge is 0.331 e. The van der Waals surface area contributed by atoms with Crippen LogP contribution in [0.4, 0.5) is 10.8 Å². The summed E-state index contributed by atoms with van der Waals surface area (Å²) in [6.45, 7) is 0. The zero-order chi connectivity index (χ0) is 13.4. The first-order valence-corrected chi connectivity index (χ1v) is 6.69. The Morgan fingerprint density at radius 1 is 1.20 bits per heavy atom. The van der Waals surface area contributed by atoms with Gasteiger partial charge in [-0.3, -0.25) is 5.10 Å². The van der Waals surface area contributed by atoms with Crippen molar-refractivity contribution in [1.29, 1.82) is 0 Å². The molecule has 20 heavy (non-hydrogen) atoms. The van der Waals surface area contributed by atoms with Crippen molar-refractivity contribution in [2.45, 2.75) is 0 Å². The molecular weight excluding hydrogens is 274 g/mol. The third-order valence-electron chi connectivity index (χ3n) is 2.90. The number of fused-ring (bicyclic) bond motifs is 1. The van der Waals surface area contributed by atoms with Crippen molar-refractivity contribution in [2.75, 3.05) is 5.32 Å². The third-order valence-corrected chi connectivity index (χ3v) is 3.56. The standard InChI is InChI=1S/C12H9N7S/c1-3-13-12-9(8-5-14-15-6-8)7-16-19(12)10(1)18-11-2-4-17-20-11/h1-7,18H,(H,14,15). The molecule has 2 N–H and O–H groups in total. The molecule has 0 spiro atoms. The molecule has 0 aliphatic rings. The molecule has 0 saturated heterocycles. The molecule has 0 aromatic carbocycles. The predicted octanol–water partition coefficient (Wildman–Crippen LogP) is 2.32. The molecule has 4 aromatic rings. The van der Waals surface area contributed by atoms with Crippen molar-refractivity contribution in [3.05, 3.63) is 43.1 Å². The highest BCUT2D eigenvalue weighted by atomic mass is 32.1. The van der Waals surface area contributed by atoms with E-state index in [0.29, 0.717) is 0 Å². The van der Waals surface area contributed by atoms with Gasteiger partial charge in [-0.15, -0.1) is 0 Å². The second-order valence-electron chi connectivity index (χ2n) is 4.11. The van der Waals surface area contributed by atoms with E-state index in [-0.39, 0.29) is 0 Å². The van der Waals surface area contributed by atoms with E-state index in [0.717, 1.165) is 27.6 Å². The second-order valence-corrected chi connectivity index (χ2v) is 4.95. The summed E-state index contributed by atoms with van der Waals surface area (Å²) in [5.41, 5.74) is 2.68. The van der Waals surface area contributed by atoms with Crippen LogP contribution in [-0.2, 0) is 0 Å². The van der Waals surface area contributed by atoms with Gasteiger partial charge in [-0.1, -0.05) is 0 Å². The van der Waals surface area contributed by atoms with E-state index < -0.39 is 0 Å². The van der Waals surface area contributed by atoms with Crippen LogP contribution < -0.4 is 5.32 Å². The molecule has 0 aliphatic heterocycles. The molecule has 0 saturated carbocycles. The summed E-state index contributed by atoms with van der Waals surface area (Å²) < 4.78 is 5.83. The lowest BCUT2D eigenvalue weighted by Crippen LogP contribution is -1.99. The number of nitrogens with zero attached hydrogens (tertiary/aromatic N) is 5. The van der Waals surface area contributed by atoms with Gasteiger partial charge in [-0.25, -0.2) is 4.98 Å². The Kier molecular flexibility index (Phi) is 2.46. The first-order chi connectivity index (χ1) is 9.92. The molecule has 0 bridgehead atoms. The number of anilines is 2. The molecule has 7 nitrogen and oxygen atoms in total. The number of hydrogen-bond donors (Lipinski definition) is 2. The molecule has 0 fully saturated rings. The maximum absolute atomic E-state index is 4.39. The lowest BCUT2D eigenvalue weighted by molar-refractivity contribution is 0.948. The summed E-state index contributed by atoms with van der Waals surface area (Å²) in [7, 11) is 0. The summed E-state index contributed by atoms with van der Waals surface area (Å²) in [5.74, 6) is 0.842. The van der Waals surface area contributed by atoms with Crippen molar-refractivity contribution >= 4 is 28.0 Å². The van der Waals surface area contributed by atoms with E-state index >= 15 is 0 Å². The number of aromatic nitrogens is 6. The third kappa shape index (κ3) is 1.74. The van der Waals surface area contributed by atoms with E-state index in [9.17, 15) is 0 Å². The van der Waals surface area contributed by atoms with E-state index in [4.69, 9.17) is 0 Å². The highest BCUT2D eigenvalue weighted by Gasteiger charge is 2.11. The molecular formula is C12H9N7S. The monoisotopic (exact) mass is 283 g/mol. The summed E-state index contributed by atoms with van der Waals surface area (Å²) >= 11 is 1.39. The molecule has 0 atom stereocenters. The Hall–Kier alpha value is -2.74. The maximum Gasteiger partial charge on any atom is 0.165 e. The fourth-order valence-electron chi connectivity index (χ4n) is 1.99. The first-order valence-electron chi connectivity index (χ1n) is 5.91. The molecule has 0 amide bonds. The number of H-pyrrole nitrogens is 1. The smallest absolute Gasteiger partial charge is 0.165 e. The molecule has 8 heteroatoms. The van der Waals surface area contributed by atoms with Crippen molar-refractivity contribution in [1.82, 2.24) is 29.2 Å². The van der Waals surface area contributed by atoms with Crippen LogP contribution in [0.5, 0.6) is 0 Å². The Bertz CT molecular complexity index is 832. The fourth-order valence-corrected chi connectivity index (χ4v) is 2.50. The average Bonchev–Trinajstić information content (AvgIpc) is 3.20. The maximum atomic E-state index is 4.39. The Morgan fingerprint density at radius 2 is 2.20 bits per heavy atom. The van der Waals surface area contributed by atoms with Crippen LogP contribution in [0.25, 0.3) is 16.8 Å². The van der Waals surface area contributed by atoms with Gasteiger partial charge in [-0.2, -0.15) is 19.1 Å². The minimum atomic E-state index is 0.779. The SMILES string of the molecule is c1cc(Nc2ccnc3c(-c4cn[nH]c4)cnn23)sn1. The van der Waals surface area contributed by atoms with Gasteiger partial charge in [-0.05, 0) is 23.7 Å². The van der Waals surface area contributed by atoms with Crippen molar-refractivity contribution in [3.8, 4) is 11.1 Å². The van der Waals surface area contributed by atoms with Gasteiger partial charge < -0.3 is 5.32 Å². The van der Waals surface area contributed by atoms with Crippen LogP contribution in [0.1, 0.15) is 0 Å². The summed E-state index contributed by atoms with van der Waals surface area (Å²) in [4.78, 5) is 4.39. The Labute approximate surface area is 117 Å². The molecule has 0 radical (unpaired) electrons. The normalized spacial score (nSPS) is 11.0. The van der Waals surface area contributed by atoms with Crippen LogP contribution in [0.15, 0.2) is 43.1 Å². The van der Waals surface area contributed by atoms with Crippen LogP contribution >= 0.6 is 11.5 Å². The summed E-state index contributed by atoms with van der Waals surface area (Å²) in [6.07, 6.45) is 8.87. The van der Waals surface area contributed by atoms with Crippen LogP contribution in [-0.4, -0.2) is 29.2 Å². The quantitative estimate of drug-likeness (QED) is 0.603. The number of aromatic amines is 1. The van der Waals surface area contributed by atoms with E-state index in [1.54, 1.807) is 29.3 Å². The van der Waals surface area contributed by atoms with Gasteiger partial charge in [0.25, 0.3) is 0 Å². The topological polar surface area (TPSA) is 83.8 Å². The van der Waals surface area contributed by atoms with E-state index in [1.807, 2.05) is 18.3 Å². The van der Waals surface area contributed by atoms with Crippen LogP contribution in [0.3, 0.4) is 0 Å². The zero-order valence-corrected chi connectivity index (χ0v) is 11.0. The summed E-state index contributed by atoms with van der Waals surface area (Å²) in [5, 5.41) is 15.4. The molecule has 4 heterocycles. The molecule has 4 rings (SSSR count). The van der Waals surface area contributed by atoms with E-state index in [1.165, 1.54) is 11.5 Å². The van der Waals surface area contributed by atoms with Gasteiger partial charge in [0.1, 0.15) is 10.8 Å². The predicted molar refractivity (Wildman–Crippen MR) is 76.0 cm³/mol. The fraction of sp³-hybridized carbons (Fsp3) is 0. The van der Waals surface area contributed by atoms with Gasteiger partial charge in [0, 0.05) is 29.7 Å². The lowest BCUT2D eigenvalue weighted by atomic mass is 10.2. The Morgan fingerprint density at radius 3 is 3.00 bits per heavy atom. The van der Waals surface area contributed by atoms with Crippen molar-refractivity contribution < 1.29 is 0 Å². The molecule has 98 valence electrons. The summed E-state index contributed by atoms with van der Waals surface area (Å²) in [6, 6.07) is 3.79. The number of rotatable bonds is 3. The van der Waals surface area contributed by atoms with Gasteiger partial charge in [0.2, 0.25) is 0 Å². The minimum absolute atomic E-state index is 0.779. The number of nitrogens with one attached hydrogen (secondary N) is 2. The molecule has 0 aliphatic carbocycles.